The number of pyridine rings is 1. The van der Waals surface area contributed by atoms with Gasteiger partial charge in [0.05, 0.1) is 5.52 Å². The van der Waals surface area contributed by atoms with Gasteiger partial charge in [0.15, 0.2) is 0 Å². The minimum Gasteiger partial charge on any atom is -0.313 e. The van der Waals surface area contributed by atoms with Crippen molar-refractivity contribution < 1.29 is 0 Å². The summed E-state index contributed by atoms with van der Waals surface area (Å²) in [7, 11) is 4.24. The molecule has 1 N–H and O–H groups in total. The van der Waals surface area contributed by atoms with E-state index in [1.54, 1.807) is 0 Å². The first kappa shape index (κ1) is 14.0. The number of nitrogens with zero attached hydrogens (tertiary/aromatic N) is 2. The molecule has 0 aliphatic rings. The second kappa shape index (κ2) is 7.22. The number of unbranched alkanes of at least 4 members (excludes halogenated alkanes) is 1. The molecule has 0 spiro atoms. The number of nitrogens with one attached hydrogen (secondary N) is 1. The topological polar surface area (TPSA) is 28.2 Å². The summed E-state index contributed by atoms with van der Waals surface area (Å²) in [6.07, 6.45) is 4.36. The Morgan fingerprint density at radius 1 is 1.11 bits per heavy atom. The van der Waals surface area contributed by atoms with Gasteiger partial charge in [0.1, 0.15) is 0 Å². The van der Waals surface area contributed by atoms with Gasteiger partial charge in [0.2, 0.25) is 0 Å². The third kappa shape index (κ3) is 4.30. The number of hydrogen-bond donors (Lipinski definition) is 1. The van der Waals surface area contributed by atoms with E-state index in [0.717, 1.165) is 18.6 Å². The molecule has 1 aromatic carbocycles. The monoisotopic (exact) mass is 257 g/mol. The van der Waals surface area contributed by atoms with E-state index in [0.29, 0.717) is 0 Å². The molecule has 3 nitrogen and oxygen atoms in total. The zero-order valence-electron chi connectivity index (χ0n) is 11.9. The van der Waals surface area contributed by atoms with E-state index in [1.165, 1.54) is 30.3 Å². The van der Waals surface area contributed by atoms with Crippen molar-refractivity contribution in [3.63, 3.8) is 0 Å². The standard InChI is InChI=1S/C16H23N3/c1-19(2)12-6-5-10-17-13-14-9-11-18-16-8-4-3-7-15(14)16/h3-4,7-9,11,17H,5-6,10,12-13H2,1-2H3. The molecule has 2 aromatic rings. The highest BCUT2D eigenvalue weighted by molar-refractivity contribution is 5.81. The van der Waals surface area contributed by atoms with Crippen LogP contribution in [0.5, 0.6) is 0 Å². The first-order valence-corrected chi connectivity index (χ1v) is 6.95. The van der Waals surface area contributed by atoms with Crippen LogP contribution in [0.3, 0.4) is 0 Å². The molecule has 0 unspecified atom stereocenters. The largest absolute Gasteiger partial charge is 0.313 e. The fourth-order valence-corrected chi connectivity index (χ4v) is 2.21. The van der Waals surface area contributed by atoms with Crippen LogP contribution in [0.2, 0.25) is 0 Å². The highest BCUT2D eigenvalue weighted by Crippen LogP contribution is 2.15. The Hall–Kier alpha value is -1.45. The van der Waals surface area contributed by atoms with Crippen molar-refractivity contribution >= 4 is 10.9 Å². The van der Waals surface area contributed by atoms with Crippen LogP contribution in [0.15, 0.2) is 36.5 Å². The maximum absolute atomic E-state index is 4.39. The predicted octanol–water partition coefficient (Wildman–Crippen LogP) is 2.67. The Bertz CT molecular complexity index is 503. The molecule has 0 aliphatic heterocycles. The molecule has 102 valence electrons. The average molecular weight is 257 g/mol. The smallest absolute Gasteiger partial charge is 0.0705 e. The Morgan fingerprint density at radius 3 is 2.79 bits per heavy atom. The Kier molecular flexibility index (Phi) is 5.31. The Morgan fingerprint density at radius 2 is 1.95 bits per heavy atom. The molecule has 2 rings (SSSR count). The fraction of sp³-hybridized carbons (Fsp3) is 0.438. The molecule has 1 aromatic heterocycles. The molecule has 3 heteroatoms. The molecule has 0 fully saturated rings. The second-order valence-corrected chi connectivity index (χ2v) is 5.17. The summed E-state index contributed by atoms with van der Waals surface area (Å²) in [6, 6.07) is 10.4. The predicted molar refractivity (Wildman–Crippen MR) is 81.2 cm³/mol. The summed E-state index contributed by atoms with van der Waals surface area (Å²) in [5.74, 6) is 0. The average Bonchev–Trinajstić information content (AvgIpc) is 2.42. The Labute approximate surface area is 115 Å². The minimum absolute atomic E-state index is 0.922. The van der Waals surface area contributed by atoms with Crippen LogP contribution in [0.25, 0.3) is 10.9 Å². The summed E-state index contributed by atoms with van der Waals surface area (Å²) >= 11 is 0. The lowest BCUT2D eigenvalue weighted by molar-refractivity contribution is 0.391. The highest BCUT2D eigenvalue weighted by atomic mass is 15.0. The van der Waals surface area contributed by atoms with E-state index < -0.39 is 0 Å². The molecule has 0 saturated carbocycles. The van der Waals surface area contributed by atoms with Crippen molar-refractivity contribution in [3.05, 3.63) is 42.1 Å². The van der Waals surface area contributed by atoms with Gasteiger partial charge in [0.25, 0.3) is 0 Å². The van der Waals surface area contributed by atoms with Gasteiger partial charge < -0.3 is 10.2 Å². The molecular formula is C16H23N3. The second-order valence-electron chi connectivity index (χ2n) is 5.17. The number of hydrogen-bond acceptors (Lipinski definition) is 3. The van der Waals surface area contributed by atoms with Crippen LogP contribution >= 0.6 is 0 Å². The molecular weight excluding hydrogens is 234 g/mol. The normalized spacial score (nSPS) is 11.3. The molecule has 0 bridgehead atoms. The van der Waals surface area contributed by atoms with Crippen molar-refractivity contribution in [1.29, 1.82) is 0 Å². The van der Waals surface area contributed by atoms with Crippen molar-refractivity contribution in [2.45, 2.75) is 19.4 Å². The molecule has 0 atom stereocenters. The lowest BCUT2D eigenvalue weighted by Gasteiger charge is -2.10. The van der Waals surface area contributed by atoms with E-state index in [2.05, 4.69) is 53.6 Å². The lowest BCUT2D eigenvalue weighted by Crippen LogP contribution is -2.18. The van der Waals surface area contributed by atoms with Gasteiger partial charge in [-0.25, -0.2) is 0 Å². The van der Waals surface area contributed by atoms with E-state index in [9.17, 15) is 0 Å². The van der Waals surface area contributed by atoms with Crippen LogP contribution in [-0.4, -0.2) is 37.1 Å². The van der Waals surface area contributed by atoms with E-state index in [-0.39, 0.29) is 0 Å². The van der Waals surface area contributed by atoms with Crippen LogP contribution < -0.4 is 5.32 Å². The van der Waals surface area contributed by atoms with Gasteiger partial charge in [-0.1, -0.05) is 18.2 Å². The van der Waals surface area contributed by atoms with Crippen LogP contribution in [0.1, 0.15) is 18.4 Å². The lowest BCUT2D eigenvalue weighted by atomic mass is 10.1. The molecule has 1 heterocycles. The van der Waals surface area contributed by atoms with Gasteiger partial charge in [-0.05, 0) is 57.7 Å². The van der Waals surface area contributed by atoms with Crippen molar-refractivity contribution in [3.8, 4) is 0 Å². The van der Waals surface area contributed by atoms with Gasteiger partial charge in [-0.3, -0.25) is 4.98 Å². The van der Waals surface area contributed by atoms with Gasteiger partial charge >= 0.3 is 0 Å². The van der Waals surface area contributed by atoms with E-state index in [4.69, 9.17) is 0 Å². The van der Waals surface area contributed by atoms with Gasteiger partial charge in [0, 0.05) is 18.1 Å². The summed E-state index contributed by atoms with van der Waals surface area (Å²) in [4.78, 5) is 6.62. The number of rotatable bonds is 7. The van der Waals surface area contributed by atoms with E-state index >= 15 is 0 Å². The number of para-hydroxylation sites is 1. The third-order valence-corrected chi connectivity index (χ3v) is 3.26. The maximum Gasteiger partial charge on any atom is 0.0705 e. The summed E-state index contributed by atoms with van der Waals surface area (Å²) < 4.78 is 0. The molecule has 19 heavy (non-hydrogen) atoms. The van der Waals surface area contributed by atoms with Crippen molar-refractivity contribution in [1.82, 2.24) is 15.2 Å². The van der Waals surface area contributed by atoms with E-state index in [1.807, 2.05) is 12.3 Å². The summed E-state index contributed by atoms with van der Waals surface area (Å²) in [5.41, 5.74) is 2.41. The Balaban J connectivity index is 1.82. The van der Waals surface area contributed by atoms with Crippen LogP contribution in [0.4, 0.5) is 0 Å². The highest BCUT2D eigenvalue weighted by Gasteiger charge is 2.00. The van der Waals surface area contributed by atoms with Crippen molar-refractivity contribution in [2.24, 2.45) is 0 Å². The van der Waals surface area contributed by atoms with Gasteiger partial charge in [-0.15, -0.1) is 0 Å². The molecule has 0 saturated heterocycles. The van der Waals surface area contributed by atoms with Crippen LogP contribution in [-0.2, 0) is 6.54 Å². The number of benzene rings is 1. The quantitative estimate of drug-likeness (QED) is 0.773. The summed E-state index contributed by atoms with van der Waals surface area (Å²) in [5, 5.41) is 4.78. The zero-order chi connectivity index (χ0) is 13.5. The number of fused-ring (bicyclic) bond motifs is 1. The number of aromatic nitrogens is 1. The first-order chi connectivity index (χ1) is 9.27. The zero-order valence-corrected chi connectivity index (χ0v) is 11.9. The van der Waals surface area contributed by atoms with Gasteiger partial charge in [-0.2, -0.15) is 0 Å². The van der Waals surface area contributed by atoms with Crippen molar-refractivity contribution in [2.75, 3.05) is 27.2 Å². The maximum atomic E-state index is 4.39. The molecule has 0 radical (unpaired) electrons. The summed E-state index contributed by atoms with van der Waals surface area (Å²) in [6.45, 7) is 3.16. The molecule has 0 aliphatic carbocycles. The fourth-order valence-electron chi connectivity index (χ4n) is 2.21. The third-order valence-electron chi connectivity index (χ3n) is 3.26. The first-order valence-electron chi connectivity index (χ1n) is 6.95. The minimum atomic E-state index is 0.922. The molecule has 0 amide bonds. The SMILES string of the molecule is CN(C)CCCCNCc1ccnc2ccccc12. The van der Waals surface area contributed by atoms with Crippen LogP contribution in [0, 0.1) is 0 Å².